The Labute approximate surface area is 164 Å². The average Bonchev–Trinajstić information content (AvgIpc) is 3.06. The number of carbonyl (C=O) groups excluding carboxylic acids is 1. The largest absolute Gasteiger partial charge is 0.417 e. The molecule has 0 N–H and O–H groups in total. The van der Waals surface area contributed by atoms with Crippen LogP contribution in [0.15, 0.2) is 48.8 Å². The van der Waals surface area contributed by atoms with Gasteiger partial charge in [-0.15, -0.1) is 0 Å². The molecule has 1 aromatic carbocycles. The summed E-state index contributed by atoms with van der Waals surface area (Å²) in [5.41, 5.74) is 0.522. The fourth-order valence-electron chi connectivity index (χ4n) is 2.88. The highest BCUT2D eigenvalue weighted by atomic mass is 19.4. The predicted molar refractivity (Wildman–Crippen MR) is 97.9 cm³/mol. The molecule has 5 nitrogen and oxygen atoms in total. The lowest BCUT2D eigenvalue weighted by atomic mass is 10.1. The Morgan fingerprint density at radius 3 is 2.52 bits per heavy atom. The molecule has 0 spiro atoms. The van der Waals surface area contributed by atoms with Gasteiger partial charge in [-0.05, 0) is 43.7 Å². The molecule has 0 radical (unpaired) electrons. The lowest BCUT2D eigenvalue weighted by Crippen LogP contribution is -2.30. The summed E-state index contributed by atoms with van der Waals surface area (Å²) >= 11 is 0. The van der Waals surface area contributed by atoms with E-state index in [0.717, 1.165) is 12.3 Å². The van der Waals surface area contributed by atoms with Gasteiger partial charge in [0.25, 0.3) is 5.91 Å². The van der Waals surface area contributed by atoms with Crippen molar-refractivity contribution in [2.45, 2.75) is 26.6 Å². The smallest absolute Gasteiger partial charge is 0.334 e. The van der Waals surface area contributed by atoms with Crippen molar-refractivity contribution in [1.29, 1.82) is 0 Å². The van der Waals surface area contributed by atoms with Crippen molar-refractivity contribution in [3.8, 4) is 5.82 Å². The topological polar surface area (TPSA) is 51.0 Å². The van der Waals surface area contributed by atoms with Gasteiger partial charge in [0.05, 0.1) is 23.0 Å². The zero-order chi connectivity index (χ0) is 21.2. The summed E-state index contributed by atoms with van der Waals surface area (Å²) in [4.78, 5) is 18.3. The van der Waals surface area contributed by atoms with Gasteiger partial charge in [0.2, 0.25) is 0 Å². The van der Waals surface area contributed by atoms with Gasteiger partial charge in [-0.2, -0.15) is 18.3 Å². The third kappa shape index (κ3) is 4.44. The van der Waals surface area contributed by atoms with Crippen LogP contribution in [0.1, 0.15) is 34.1 Å². The van der Waals surface area contributed by atoms with Crippen LogP contribution in [0.5, 0.6) is 0 Å². The molecular weight excluding hydrogens is 388 g/mol. The van der Waals surface area contributed by atoms with Gasteiger partial charge >= 0.3 is 6.18 Å². The Kier molecular flexibility index (Phi) is 5.67. The minimum absolute atomic E-state index is 0.169. The second kappa shape index (κ2) is 8.02. The molecule has 9 heteroatoms. The molecule has 0 fully saturated rings. The molecule has 0 unspecified atom stereocenters. The molecule has 3 rings (SSSR count). The number of alkyl halides is 3. The van der Waals surface area contributed by atoms with Crippen molar-refractivity contribution < 1.29 is 22.4 Å². The van der Waals surface area contributed by atoms with E-state index in [4.69, 9.17) is 0 Å². The first kappa shape index (κ1) is 20.5. The third-order valence-corrected chi connectivity index (χ3v) is 4.46. The number of nitrogens with zero attached hydrogens (tertiary/aromatic N) is 4. The van der Waals surface area contributed by atoms with Crippen LogP contribution < -0.4 is 0 Å². The van der Waals surface area contributed by atoms with E-state index in [-0.39, 0.29) is 24.1 Å². The van der Waals surface area contributed by atoms with Crippen LogP contribution in [-0.2, 0) is 12.7 Å². The first-order valence-corrected chi connectivity index (χ1v) is 8.82. The zero-order valence-electron chi connectivity index (χ0n) is 15.7. The number of hydrogen-bond acceptors (Lipinski definition) is 3. The van der Waals surface area contributed by atoms with Crippen molar-refractivity contribution in [1.82, 2.24) is 19.7 Å². The summed E-state index contributed by atoms with van der Waals surface area (Å²) in [5.74, 6) is -0.529. The minimum Gasteiger partial charge on any atom is -0.334 e. The molecule has 0 aliphatic heterocycles. The molecule has 152 valence electrons. The van der Waals surface area contributed by atoms with E-state index in [2.05, 4.69) is 10.1 Å². The van der Waals surface area contributed by atoms with E-state index in [1.165, 1.54) is 34.0 Å². The number of halogens is 4. The Bertz CT molecular complexity index is 1010. The molecule has 3 aromatic rings. The second-order valence-electron chi connectivity index (χ2n) is 6.41. The van der Waals surface area contributed by atoms with Crippen LogP contribution in [-0.4, -0.2) is 32.1 Å². The Morgan fingerprint density at radius 2 is 1.93 bits per heavy atom. The first-order chi connectivity index (χ1) is 13.7. The van der Waals surface area contributed by atoms with Gasteiger partial charge in [-0.1, -0.05) is 12.1 Å². The van der Waals surface area contributed by atoms with E-state index < -0.39 is 11.7 Å². The average molecular weight is 406 g/mol. The van der Waals surface area contributed by atoms with Gasteiger partial charge in [0.1, 0.15) is 5.82 Å². The fourth-order valence-corrected chi connectivity index (χ4v) is 2.88. The third-order valence-electron chi connectivity index (χ3n) is 4.46. The van der Waals surface area contributed by atoms with Crippen molar-refractivity contribution in [3.63, 3.8) is 0 Å². The quantitative estimate of drug-likeness (QED) is 0.591. The molecule has 0 atom stereocenters. The summed E-state index contributed by atoms with van der Waals surface area (Å²) in [6.45, 7) is 4.04. The van der Waals surface area contributed by atoms with Gasteiger partial charge < -0.3 is 4.90 Å². The minimum atomic E-state index is -4.48. The van der Waals surface area contributed by atoms with Crippen LogP contribution in [0.25, 0.3) is 5.82 Å². The van der Waals surface area contributed by atoms with Crippen molar-refractivity contribution in [3.05, 3.63) is 77.0 Å². The van der Waals surface area contributed by atoms with E-state index in [1.54, 1.807) is 26.0 Å². The van der Waals surface area contributed by atoms with E-state index in [1.807, 2.05) is 0 Å². The van der Waals surface area contributed by atoms with Crippen LogP contribution in [0.3, 0.4) is 0 Å². The fraction of sp³-hybridized carbons (Fsp3) is 0.250. The molecule has 2 aromatic heterocycles. The number of benzene rings is 1. The summed E-state index contributed by atoms with van der Waals surface area (Å²) in [5, 5.41) is 4.10. The molecule has 0 bridgehead atoms. The lowest BCUT2D eigenvalue weighted by molar-refractivity contribution is -0.137. The molecule has 0 aliphatic carbocycles. The maximum Gasteiger partial charge on any atom is 0.417 e. The van der Waals surface area contributed by atoms with E-state index >= 15 is 0 Å². The predicted octanol–water partition coefficient (Wildman–Crippen LogP) is 4.40. The van der Waals surface area contributed by atoms with E-state index in [9.17, 15) is 22.4 Å². The van der Waals surface area contributed by atoms with Crippen LogP contribution in [0, 0.1) is 12.7 Å². The summed E-state index contributed by atoms with van der Waals surface area (Å²) in [6.07, 6.45) is -2.41. The number of hydrogen-bond donors (Lipinski definition) is 0. The molecular formula is C20H18F4N4O. The van der Waals surface area contributed by atoms with Crippen molar-refractivity contribution in [2.24, 2.45) is 0 Å². The van der Waals surface area contributed by atoms with Crippen molar-refractivity contribution >= 4 is 5.91 Å². The van der Waals surface area contributed by atoms with Crippen LogP contribution in [0.2, 0.25) is 0 Å². The maximum absolute atomic E-state index is 13.4. The van der Waals surface area contributed by atoms with Gasteiger partial charge in [0, 0.05) is 19.3 Å². The van der Waals surface area contributed by atoms with Gasteiger partial charge in [-0.25, -0.2) is 14.1 Å². The Balaban J connectivity index is 1.84. The monoisotopic (exact) mass is 406 g/mol. The van der Waals surface area contributed by atoms with Gasteiger partial charge in [-0.3, -0.25) is 4.79 Å². The molecule has 2 heterocycles. The molecule has 0 saturated heterocycles. The number of pyridine rings is 1. The maximum atomic E-state index is 13.4. The highest BCUT2D eigenvalue weighted by Gasteiger charge is 2.31. The SMILES string of the molecule is CCN(Cc1cccc(F)c1)C(=O)c1cnn(-c2ccc(C(F)(F)F)cn2)c1C. The summed E-state index contributed by atoms with van der Waals surface area (Å²) < 4.78 is 52.8. The number of aromatic nitrogens is 3. The zero-order valence-corrected chi connectivity index (χ0v) is 15.7. The Hall–Kier alpha value is -3.23. The molecule has 29 heavy (non-hydrogen) atoms. The number of carbonyl (C=O) groups is 1. The highest BCUT2D eigenvalue weighted by molar-refractivity contribution is 5.95. The number of amides is 1. The summed E-state index contributed by atoms with van der Waals surface area (Å²) in [6, 6.07) is 8.09. The second-order valence-corrected chi connectivity index (χ2v) is 6.41. The van der Waals surface area contributed by atoms with Crippen LogP contribution in [0.4, 0.5) is 17.6 Å². The first-order valence-electron chi connectivity index (χ1n) is 8.82. The number of rotatable bonds is 5. The van der Waals surface area contributed by atoms with E-state index in [0.29, 0.717) is 23.4 Å². The lowest BCUT2D eigenvalue weighted by Gasteiger charge is -2.21. The van der Waals surface area contributed by atoms with Crippen LogP contribution >= 0.6 is 0 Å². The highest BCUT2D eigenvalue weighted by Crippen LogP contribution is 2.29. The normalized spacial score (nSPS) is 11.5. The Morgan fingerprint density at radius 1 is 1.17 bits per heavy atom. The van der Waals surface area contributed by atoms with Gasteiger partial charge in [0.15, 0.2) is 5.82 Å². The summed E-state index contributed by atoms with van der Waals surface area (Å²) in [7, 11) is 0. The molecule has 0 saturated carbocycles. The molecule has 1 amide bonds. The standard InChI is InChI=1S/C20H18F4N4O/c1-3-27(12-14-5-4-6-16(21)9-14)19(29)17-11-26-28(13(17)2)18-8-7-15(10-25-18)20(22,23)24/h4-11H,3,12H2,1-2H3. The van der Waals surface area contributed by atoms with Crippen molar-refractivity contribution in [2.75, 3.05) is 6.54 Å². The molecule has 0 aliphatic rings.